The van der Waals surface area contributed by atoms with Crippen LogP contribution in [0.15, 0.2) is 25.9 Å². The Labute approximate surface area is 117 Å². The average molecular weight is 299 g/mol. The third-order valence-electron chi connectivity index (χ3n) is 2.02. The Morgan fingerprint density at radius 1 is 1.53 bits per heavy atom. The summed E-state index contributed by atoms with van der Waals surface area (Å²) in [5.41, 5.74) is -0.443. The largest absolute Gasteiger partial charge is 0.502 e. The fraction of sp³-hybridized carbons (Fsp3) is 0.364. The van der Waals surface area contributed by atoms with Crippen LogP contribution in [-0.2, 0) is 5.75 Å². The normalized spacial score (nSPS) is 10.9. The lowest BCUT2D eigenvalue weighted by Gasteiger charge is -2.03. The summed E-state index contributed by atoms with van der Waals surface area (Å²) in [5.74, 6) is 0.570. The molecule has 0 atom stereocenters. The molecule has 0 aliphatic carbocycles. The second-order valence-electron chi connectivity index (χ2n) is 4.06. The number of anilines is 1. The number of nitrogens with zero attached hydrogens (tertiary/aromatic N) is 2. The topological polar surface area (TPSA) is 88.2 Å². The van der Waals surface area contributed by atoms with E-state index in [0.29, 0.717) is 17.6 Å². The van der Waals surface area contributed by atoms with Crippen LogP contribution in [0.25, 0.3) is 0 Å². The average Bonchev–Trinajstić information content (AvgIpc) is 2.77. The van der Waals surface area contributed by atoms with Crippen LogP contribution in [-0.4, -0.2) is 21.3 Å². The van der Waals surface area contributed by atoms with E-state index in [-0.39, 0.29) is 5.75 Å². The highest BCUT2D eigenvalue weighted by Crippen LogP contribution is 2.28. The molecule has 0 saturated heterocycles. The molecule has 0 saturated carbocycles. The molecular weight excluding hydrogens is 286 g/mol. The number of thioether (sulfide) groups is 1. The van der Waals surface area contributed by atoms with Crippen LogP contribution in [0.4, 0.5) is 5.13 Å². The van der Waals surface area contributed by atoms with Gasteiger partial charge in [0.05, 0.1) is 5.75 Å². The molecule has 2 aromatic heterocycles. The molecule has 0 spiro atoms. The van der Waals surface area contributed by atoms with E-state index in [1.165, 1.54) is 29.2 Å². The van der Waals surface area contributed by atoms with Gasteiger partial charge in [0.25, 0.3) is 0 Å². The van der Waals surface area contributed by atoms with Gasteiger partial charge in [0.15, 0.2) is 10.1 Å². The van der Waals surface area contributed by atoms with Crippen molar-refractivity contribution in [3.8, 4) is 5.75 Å². The zero-order valence-electron chi connectivity index (χ0n) is 10.4. The van der Waals surface area contributed by atoms with E-state index in [1.54, 1.807) is 0 Å². The molecule has 0 bridgehead atoms. The Hall–Kier alpha value is -1.54. The van der Waals surface area contributed by atoms with Crippen molar-refractivity contribution in [1.82, 2.24) is 10.2 Å². The lowest BCUT2D eigenvalue weighted by Crippen LogP contribution is -2.08. The first-order chi connectivity index (χ1) is 9.04. The molecule has 0 aliphatic heterocycles. The van der Waals surface area contributed by atoms with Crippen LogP contribution in [0.2, 0.25) is 0 Å². The molecule has 2 N–H and O–H groups in total. The fourth-order valence-corrected chi connectivity index (χ4v) is 3.01. The summed E-state index contributed by atoms with van der Waals surface area (Å²) in [4.78, 5) is 11.2. The van der Waals surface area contributed by atoms with Gasteiger partial charge in [0.1, 0.15) is 12.0 Å². The maximum absolute atomic E-state index is 11.2. The first-order valence-corrected chi connectivity index (χ1v) is 7.38. The van der Waals surface area contributed by atoms with E-state index in [0.717, 1.165) is 15.7 Å². The van der Waals surface area contributed by atoms with Crippen molar-refractivity contribution < 1.29 is 9.52 Å². The molecule has 2 heterocycles. The minimum atomic E-state index is -0.443. The molecule has 0 amide bonds. The number of nitrogens with one attached hydrogen (secondary N) is 1. The van der Waals surface area contributed by atoms with Crippen LogP contribution in [0, 0.1) is 0 Å². The van der Waals surface area contributed by atoms with Gasteiger partial charge in [0, 0.05) is 12.1 Å². The van der Waals surface area contributed by atoms with Crippen molar-refractivity contribution in [2.45, 2.75) is 30.0 Å². The predicted octanol–water partition coefficient (Wildman–Crippen LogP) is 2.31. The van der Waals surface area contributed by atoms with Crippen LogP contribution in [0.3, 0.4) is 0 Å². The lowest BCUT2D eigenvalue weighted by atomic mass is 10.4. The summed E-state index contributed by atoms with van der Waals surface area (Å²) in [7, 11) is 0. The summed E-state index contributed by atoms with van der Waals surface area (Å²) < 4.78 is 5.89. The SMILES string of the molecule is CC(C)Nc1nnc(SCc2cc(=O)c(O)co2)s1. The number of aromatic hydroxyl groups is 1. The van der Waals surface area contributed by atoms with E-state index in [2.05, 4.69) is 15.5 Å². The molecule has 0 unspecified atom stereocenters. The Morgan fingerprint density at radius 3 is 3.00 bits per heavy atom. The Morgan fingerprint density at radius 2 is 2.32 bits per heavy atom. The molecule has 0 fully saturated rings. The lowest BCUT2D eigenvalue weighted by molar-refractivity contribution is 0.419. The Kier molecular flexibility index (Phi) is 4.43. The molecular formula is C11H13N3O3S2. The van der Waals surface area contributed by atoms with Crippen molar-refractivity contribution in [2.75, 3.05) is 5.32 Å². The maximum Gasteiger partial charge on any atom is 0.226 e. The van der Waals surface area contributed by atoms with Crippen molar-refractivity contribution >= 4 is 28.2 Å². The summed E-state index contributed by atoms with van der Waals surface area (Å²) in [6.45, 7) is 4.05. The van der Waals surface area contributed by atoms with Crippen molar-refractivity contribution in [3.05, 3.63) is 28.3 Å². The zero-order chi connectivity index (χ0) is 13.8. The molecule has 0 aromatic carbocycles. The molecule has 8 heteroatoms. The number of aromatic nitrogens is 2. The van der Waals surface area contributed by atoms with Crippen LogP contribution in [0.1, 0.15) is 19.6 Å². The summed E-state index contributed by atoms with van der Waals surface area (Å²) in [6, 6.07) is 1.58. The van der Waals surface area contributed by atoms with Crippen LogP contribution < -0.4 is 10.7 Å². The smallest absolute Gasteiger partial charge is 0.226 e. The van der Waals surface area contributed by atoms with E-state index < -0.39 is 5.43 Å². The van der Waals surface area contributed by atoms with Crippen LogP contribution >= 0.6 is 23.1 Å². The molecule has 6 nitrogen and oxygen atoms in total. The van der Waals surface area contributed by atoms with Gasteiger partial charge in [-0.2, -0.15) is 0 Å². The van der Waals surface area contributed by atoms with Gasteiger partial charge in [-0.05, 0) is 13.8 Å². The van der Waals surface area contributed by atoms with E-state index in [4.69, 9.17) is 9.52 Å². The quantitative estimate of drug-likeness (QED) is 0.819. The van der Waals surface area contributed by atoms with E-state index in [1.807, 2.05) is 13.8 Å². The second-order valence-corrected chi connectivity index (χ2v) is 6.26. The van der Waals surface area contributed by atoms with Gasteiger partial charge in [-0.15, -0.1) is 10.2 Å². The standard InChI is InChI=1S/C11H13N3O3S2/c1-6(2)12-10-13-14-11(19-10)18-5-7-3-8(15)9(16)4-17-7/h3-4,6,16H,5H2,1-2H3,(H,12,13). The monoisotopic (exact) mass is 299 g/mol. The number of hydrogen-bond acceptors (Lipinski definition) is 8. The minimum absolute atomic E-state index is 0.306. The third-order valence-corrected chi connectivity index (χ3v) is 4.03. The van der Waals surface area contributed by atoms with Crippen molar-refractivity contribution in [2.24, 2.45) is 0 Å². The zero-order valence-corrected chi connectivity index (χ0v) is 12.0. The number of hydrogen-bond donors (Lipinski definition) is 2. The number of rotatable bonds is 5. The molecule has 0 radical (unpaired) electrons. The highest BCUT2D eigenvalue weighted by atomic mass is 32.2. The summed E-state index contributed by atoms with van der Waals surface area (Å²) in [6.07, 6.45) is 1.05. The highest BCUT2D eigenvalue weighted by molar-refractivity contribution is 8.00. The fourth-order valence-electron chi connectivity index (χ4n) is 1.23. The predicted molar refractivity (Wildman–Crippen MR) is 74.9 cm³/mol. The molecule has 2 rings (SSSR count). The third kappa shape index (κ3) is 3.97. The molecule has 2 aromatic rings. The minimum Gasteiger partial charge on any atom is -0.502 e. The summed E-state index contributed by atoms with van der Waals surface area (Å²) in [5, 5.41) is 21.0. The first kappa shape index (κ1) is 13.9. The first-order valence-electron chi connectivity index (χ1n) is 5.58. The van der Waals surface area contributed by atoms with Crippen LogP contribution in [0.5, 0.6) is 5.75 Å². The molecule has 19 heavy (non-hydrogen) atoms. The van der Waals surface area contributed by atoms with Gasteiger partial charge in [-0.25, -0.2) is 0 Å². The Balaban J connectivity index is 1.96. The molecule has 102 valence electrons. The van der Waals surface area contributed by atoms with Gasteiger partial charge >= 0.3 is 0 Å². The van der Waals surface area contributed by atoms with Gasteiger partial charge in [0.2, 0.25) is 10.6 Å². The maximum atomic E-state index is 11.2. The van der Waals surface area contributed by atoms with Crippen molar-refractivity contribution in [3.63, 3.8) is 0 Å². The highest BCUT2D eigenvalue weighted by Gasteiger charge is 2.08. The van der Waals surface area contributed by atoms with E-state index >= 15 is 0 Å². The Bertz CT molecular complexity index is 609. The van der Waals surface area contributed by atoms with Gasteiger partial charge in [-0.3, -0.25) is 4.79 Å². The van der Waals surface area contributed by atoms with Gasteiger partial charge < -0.3 is 14.8 Å². The van der Waals surface area contributed by atoms with E-state index in [9.17, 15) is 4.79 Å². The van der Waals surface area contributed by atoms with Crippen molar-refractivity contribution in [1.29, 1.82) is 0 Å². The van der Waals surface area contributed by atoms with Gasteiger partial charge in [-0.1, -0.05) is 23.1 Å². The molecule has 0 aliphatic rings. The second kappa shape index (κ2) is 6.07. The summed E-state index contributed by atoms with van der Waals surface area (Å²) >= 11 is 2.87.